The average molecular weight is 370 g/mol. The molecule has 1 atom stereocenters. The third-order valence-corrected chi connectivity index (χ3v) is 4.65. The summed E-state index contributed by atoms with van der Waals surface area (Å²) < 4.78 is 5.13. The molecule has 0 fully saturated rings. The molecule has 7 heteroatoms. The first-order chi connectivity index (χ1) is 12.7. The summed E-state index contributed by atoms with van der Waals surface area (Å²) in [5.41, 5.74) is 2.57. The van der Waals surface area contributed by atoms with Crippen LogP contribution in [-0.4, -0.2) is 35.1 Å². The number of H-pyrrole nitrogens is 1. The van der Waals surface area contributed by atoms with Gasteiger partial charge in [0.1, 0.15) is 11.6 Å². The van der Waals surface area contributed by atoms with Gasteiger partial charge in [0.25, 0.3) is 0 Å². The molecule has 2 amide bonds. The zero-order chi connectivity index (χ0) is 18.4. The number of urea groups is 1. The fourth-order valence-corrected chi connectivity index (χ4v) is 3.12. The van der Waals surface area contributed by atoms with Crippen molar-refractivity contribution in [3.63, 3.8) is 0 Å². The molecule has 1 aromatic heterocycles. The van der Waals surface area contributed by atoms with E-state index >= 15 is 0 Å². The van der Waals surface area contributed by atoms with Gasteiger partial charge in [0.2, 0.25) is 0 Å². The number of fused-ring (bicyclic) bond motifs is 1. The second-order valence-corrected chi connectivity index (χ2v) is 6.79. The summed E-state index contributed by atoms with van der Waals surface area (Å²) in [6.07, 6.45) is 2.84. The molecule has 1 unspecified atom stereocenters. The number of nitrogens with one attached hydrogen (secondary N) is 3. The average Bonchev–Trinajstić information content (AvgIpc) is 3.09. The molecule has 3 aromatic rings. The zero-order valence-corrected chi connectivity index (χ0v) is 15.6. The fourth-order valence-electron chi connectivity index (χ4n) is 2.65. The number of carbonyl (C=O) groups excluding carboxylic acids is 1. The largest absolute Gasteiger partial charge is 0.497 e. The maximum absolute atomic E-state index is 12.4. The van der Waals surface area contributed by atoms with Crippen LogP contribution in [0.1, 0.15) is 18.3 Å². The normalized spacial score (nSPS) is 11.9. The van der Waals surface area contributed by atoms with Crippen molar-refractivity contribution in [3.8, 4) is 5.75 Å². The summed E-state index contributed by atoms with van der Waals surface area (Å²) in [5, 5.41) is 5.87. The number of ether oxygens (including phenoxy) is 1. The third-order valence-electron chi connectivity index (χ3n) is 4.00. The molecule has 0 aliphatic carbocycles. The third kappa shape index (κ3) is 4.49. The number of hydrogen-bond acceptors (Lipinski definition) is 4. The first-order valence-electron chi connectivity index (χ1n) is 8.34. The summed E-state index contributed by atoms with van der Waals surface area (Å²) in [6, 6.07) is 14.6. The standard InChI is InChI=1S/C19H22N4O2S/c1-25-14-9-7-13(8-10-14)20-19(24)23-17(11-12-26-2)18-21-15-5-3-4-6-16(15)22-18/h3-10,17H,11-12H2,1-2H3,(H,21,22)(H2,20,23,24). The molecule has 26 heavy (non-hydrogen) atoms. The summed E-state index contributed by atoms with van der Waals surface area (Å²) in [7, 11) is 1.61. The Balaban J connectivity index is 1.71. The van der Waals surface area contributed by atoms with Gasteiger partial charge in [-0.05, 0) is 54.8 Å². The van der Waals surface area contributed by atoms with E-state index in [1.54, 1.807) is 43.1 Å². The molecule has 0 bridgehead atoms. The van der Waals surface area contributed by atoms with Gasteiger partial charge in [-0.3, -0.25) is 0 Å². The minimum Gasteiger partial charge on any atom is -0.497 e. The molecule has 2 aromatic carbocycles. The number of aromatic nitrogens is 2. The van der Waals surface area contributed by atoms with Gasteiger partial charge in [0, 0.05) is 5.69 Å². The highest BCUT2D eigenvalue weighted by atomic mass is 32.2. The number of benzene rings is 2. The minimum absolute atomic E-state index is 0.187. The topological polar surface area (TPSA) is 79.0 Å². The van der Waals surface area contributed by atoms with E-state index in [4.69, 9.17) is 4.74 Å². The first kappa shape index (κ1) is 18.1. The second-order valence-electron chi connectivity index (χ2n) is 5.80. The van der Waals surface area contributed by atoms with Crippen LogP contribution in [0, 0.1) is 0 Å². The van der Waals surface area contributed by atoms with E-state index in [0.29, 0.717) is 5.69 Å². The number of anilines is 1. The zero-order valence-electron chi connectivity index (χ0n) is 14.8. The minimum atomic E-state index is -0.262. The maximum Gasteiger partial charge on any atom is 0.319 e. The summed E-state index contributed by atoms with van der Waals surface area (Å²) in [6.45, 7) is 0. The molecule has 136 valence electrons. The number of methoxy groups -OCH3 is 1. The van der Waals surface area contributed by atoms with Gasteiger partial charge in [-0.25, -0.2) is 9.78 Å². The quantitative estimate of drug-likeness (QED) is 0.583. The fraction of sp³-hybridized carbons (Fsp3) is 0.263. The van der Waals surface area contributed by atoms with Crippen LogP contribution in [0.5, 0.6) is 5.75 Å². The summed E-state index contributed by atoms with van der Waals surface area (Å²) in [5.74, 6) is 2.44. The van der Waals surface area contributed by atoms with Crippen LogP contribution < -0.4 is 15.4 Å². The van der Waals surface area contributed by atoms with Gasteiger partial charge in [-0.2, -0.15) is 11.8 Å². The lowest BCUT2D eigenvalue weighted by molar-refractivity contribution is 0.248. The Bertz CT molecular complexity index is 830. The second kappa shape index (κ2) is 8.62. The van der Waals surface area contributed by atoms with Crippen molar-refractivity contribution in [2.24, 2.45) is 0 Å². The highest BCUT2D eigenvalue weighted by Crippen LogP contribution is 2.20. The number of carbonyl (C=O) groups is 1. The molecule has 0 saturated carbocycles. The molecular weight excluding hydrogens is 348 g/mol. The smallest absolute Gasteiger partial charge is 0.319 e. The van der Waals surface area contributed by atoms with E-state index in [1.165, 1.54) is 0 Å². The maximum atomic E-state index is 12.4. The number of nitrogens with zero attached hydrogens (tertiary/aromatic N) is 1. The van der Waals surface area contributed by atoms with Gasteiger partial charge >= 0.3 is 6.03 Å². The monoisotopic (exact) mass is 370 g/mol. The van der Waals surface area contributed by atoms with Gasteiger partial charge in [0.05, 0.1) is 24.2 Å². The lowest BCUT2D eigenvalue weighted by Crippen LogP contribution is -2.33. The van der Waals surface area contributed by atoms with E-state index in [0.717, 1.165) is 34.8 Å². The van der Waals surface area contributed by atoms with E-state index in [1.807, 2.05) is 30.5 Å². The van der Waals surface area contributed by atoms with Crippen LogP contribution >= 0.6 is 11.8 Å². The van der Waals surface area contributed by atoms with Gasteiger partial charge < -0.3 is 20.4 Å². The van der Waals surface area contributed by atoms with Crippen molar-refractivity contribution < 1.29 is 9.53 Å². The lowest BCUT2D eigenvalue weighted by Gasteiger charge is -2.17. The molecule has 3 N–H and O–H groups in total. The van der Waals surface area contributed by atoms with Crippen molar-refractivity contribution in [2.45, 2.75) is 12.5 Å². The van der Waals surface area contributed by atoms with Crippen molar-refractivity contribution in [2.75, 3.05) is 24.4 Å². The van der Waals surface area contributed by atoms with Crippen molar-refractivity contribution >= 4 is 34.5 Å². The Kier molecular flexibility index (Phi) is 6.01. The number of imidazole rings is 1. The number of thioether (sulfide) groups is 1. The summed E-state index contributed by atoms with van der Waals surface area (Å²) in [4.78, 5) is 20.4. The van der Waals surface area contributed by atoms with Crippen LogP contribution in [0.15, 0.2) is 48.5 Å². The van der Waals surface area contributed by atoms with Crippen LogP contribution in [0.3, 0.4) is 0 Å². The molecule has 1 heterocycles. The Morgan fingerprint density at radius 1 is 1.23 bits per heavy atom. The van der Waals surface area contributed by atoms with Crippen LogP contribution in [0.4, 0.5) is 10.5 Å². The molecule has 6 nitrogen and oxygen atoms in total. The van der Waals surface area contributed by atoms with E-state index in [9.17, 15) is 4.79 Å². The Hall–Kier alpha value is -2.67. The Morgan fingerprint density at radius 3 is 2.69 bits per heavy atom. The molecular formula is C19H22N4O2S. The SMILES string of the molecule is COc1ccc(NC(=O)NC(CCSC)c2nc3ccccc3[nH]2)cc1. The molecule has 0 aliphatic heterocycles. The van der Waals surface area contributed by atoms with Crippen molar-refractivity contribution in [3.05, 3.63) is 54.4 Å². The van der Waals surface area contributed by atoms with Gasteiger partial charge in [0.15, 0.2) is 0 Å². The highest BCUT2D eigenvalue weighted by molar-refractivity contribution is 7.98. The summed E-state index contributed by atoms with van der Waals surface area (Å²) >= 11 is 1.74. The first-order valence-corrected chi connectivity index (χ1v) is 9.74. The number of amides is 2. The number of rotatable bonds is 7. The Labute approximate surface area is 156 Å². The Morgan fingerprint density at radius 2 is 2.00 bits per heavy atom. The number of aromatic amines is 1. The van der Waals surface area contributed by atoms with Gasteiger partial charge in [-0.15, -0.1) is 0 Å². The molecule has 0 aliphatic rings. The predicted octanol–water partition coefficient (Wildman–Crippen LogP) is 4.19. The molecule has 0 saturated heterocycles. The number of hydrogen-bond donors (Lipinski definition) is 3. The van der Waals surface area contributed by atoms with Crippen LogP contribution in [0.2, 0.25) is 0 Å². The van der Waals surface area contributed by atoms with Crippen molar-refractivity contribution in [1.82, 2.24) is 15.3 Å². The van der Waals surface area contributed by atoms with Crippen LogP contribution in [-0.2, 0) is 0 Å². The van der Waals surface area contributed by atoms with Gasteiger partial charge in [-0.1, -0.05) is 12.1 Å². The van der Waals surface area contributed by atoms with E-state index in [-0.39, 0.29) is 12.1 Å². The molecule has 0 spiro atoms. The van der Waals surface area contributed by atoms with Crippen LogP contribution in [0.25, 0.3) is 11.0 Å². The highest BCUT2D eigenvalue weighted by Gasteiger charge is 2.18. The van der Waals surface area contributed by atoms with E-state index in [2.05, 4.69) is 20.6 Å². The molecule has 3 rings (SSSR count). The number of para-hydroxylation sites is 2. The predicted molar refractivity (Wildman–Crippen MR) is 107 cm³/mol. The van der Waals surface area contributed by atoms with E-state index < -0.39 is 0 Å². The lowest BCUT2D eigenvalue weighted by atomic mass is 10.2. The molecule has 0 radical (unpaired) electrons. The van der Waals surface area contributed by atoms with Crippen molar-refractivity contribution in [1.29, 1.82) is 0 Å².